The molecule has 2 aliphatic rings. The molecule has 0 amide bonds. The van der Waals surface area contributed by atoms with E-state index in [0.29, 0.717) is 11.7 Å². The summed E-state index contributed by atoms with van der Waals surface area (Å²) in [5, 5.41) is 0. The van der Waals surface area contributed by atoms with E-state index in [9.17, 15) is 4.79 Å². The third-order valence-corrected chi connectivity index (χ3v) is 7.73. The summed E-state index contributed by atoms with van der Waals surface area (Å²) in [7, 11) is 0. The van der Waals surface area contributed by atoms with Crippen LogP contribution in [0, 0.1) is 35.5 Å². The monoisotopic (exact) mass is 448 g/mol. The van der Waals surface area contributed by atoms with E-state index in [4.69, 9.17) is 4.74 Å². The molecule has 0 atom stereocenters. The van der Waals surface area contributed by atoms with E-state index in [1.54, 1.807) is 0 Å². The normalized spacial score (nSPS) is 25.4. The lowest BCUT2D eigenvalue weighted by Crippen LogP contribution is -2.25. The smallest absolute Gasteiger partial charge is 0.314 e. The van der Waals surface area contributed by atoms with Gasteiger partial charge < -0.3 is 4.74 Å². The lowest BCUT2D eigenvalue weighted by molar-refractivity contribution is -0.140. The summed E-state index contributed by atoms with van der Waals surface area (Å²) in [6.07, 6.45) is 22.0. The van der Waals surface area contributed by atoms with E-state index < -0.39 is 0 Å². The molecule has 180 valence electrons. The molecule has 0 aromatic heterocycles. The second-order valence-electron chi connectivity index (χ2n) is 10.4. The second kappa shape index (κ2) is 14.3. The molecule has 0 unspecified atom stereocenters. The van der Waals surface area contributed by atoms with E-state index in [1.807, 2.05) is 30.3 Å². The first kappa shape index (κ1) is 25.6. The Morgan fingerprint density at radius 1 is 0.879 bits per heavy atom. The van der Waals surface area contributed by atoms with Crippen LogP contribution in [0.1, 0.15) is 109 Å². The van der Waals surface area contributed by atoms with Crippen molar-refractivity contribution in [1.29, 1.82) is 0 Å². The third-order valence-electron chi connectivity index (χ3n) is 7.73. The molecule has 0 aliphatic heterocycles. The highest BCUT2D eigenvalue weighted by atomic mass is 16.5. The molecule has 2 nitrogen and oxygen atoms in total. The van der Waals surface area contributed by atoms with Gasteiger partial charge in [-0.3, -0.25) is 4.79 Å². The van der Waals surface area contributed by atoms with E-state index >= 15 is 0 Å². The standard InChI is InChI=1S/C31H44O2/c1-3-5-6-10-27-17-21-29(22-18-27)31(32)33-30-23-19-28(20-24-30)12-8-7-11-26-15-13-25(9-4-2)14-16-26/h7,11,19-20,23-27,29H,3-6,9-10,13-18,21-22H2,1-2H3/t25-,26-,27-,29-. The summed E-state index contributed by atoms with van der Waals surface area (Å²) in [6.45, 7) is 4.54. The number of hydrogen-bond donors (Lipinski definition) is 0. The van der Waals surface area contributed by atoms with Gasteiger partial charge >= 0.3 is 5.97 Å². The topological polar surface area (TPSA) is 26.3 Å². The average Bonchev–Trinajstić information content (AvgIpc) is 2.84. The zero-order valence-corrected chi connectivity index (χ0v) is 21.0. The number of carbonyl (C=O) groups is 1. The Balaban J connectivity index is 1.38. The minimum atomic E-state index is -0.0579. The fourth-order valence-corrected chi connectivity index (χ4v) is 5.56. The molecule has 2 heteroatoms. The molecule has 3 rings (SSSR count). The van der Waals surface area contributed by atoms with Crippen LogP contribution in [-0.4, -0.2) is 5.97 Å². The highest BCUT2D eigenvalue weighted by Gasteiger charge is 2.27. The van der Waals surface area contributed by atoms with Crippen molar-refractivity contribution in [2.24, 2.45) is 23.7 Å². The number of hydrogen-bond acceptors (Lipinski definition) is 2. The highest BCUT2D eigenvalue weighted by Crippen LogP contribution is 2.33. The van der Waals surface area contributed by atoms with E-state index in [1.165, 1.54) is 77.0 Å². The van der Waals surface area contributed by atoms with Gasteiger partial charge in [0.05, 0.1) is 5.92 Å². The fourth-order valence-electron chi connectivity index (χ4n) is 5.56. The molecule has 33 heavy (non-hydrogen) atoms. The summed E-state index contributed by atoms with van der Waals surface area (Å²) in [4.78, 5) is 12.6. The maximum Gasteiger partial charge on any atom is 0.314 e. The molecule has 0 spiro atoms. The molecule has 2 aliphatic carbocycles. The minimum absolute atomic E-state index is 0.0579. The molecule has 0 radical (unpaired) electrons. The van der Waals surface area contributed by atoms with E-state index in [-0.39, 0.29) is 11.9 Å². The van der Waals surface area contributed by atoms with Gasteiger partial charge in [0.25, 0.3) is 0 Å². The molecule has 0 bridgehead atoms. The Labute approximate surface area is 202 Å². The molecule has 0 heterocycles. The average molecular weight is 449 g/mol. The van der Waals surface area contributed by atoms with Gasteiger partial charge in [-0.15, -0.1) is 0 Å². The maximum absolute atomic E-state index is 12.6. The van der Waals surface area contributed by atoms with Crippen LogP contribution in [-0.2, 0) is 4.79 Å². The maximum atomic E-state index is 12.6. The predicted octanol–water partition coefficient (Wildman–Crippen LogP) is 8.49. The molecule has 1 aromatic rings. The van der Waals surface area contributed by atoms with Gasteiger partial charge in [-0.1, -0.05) is 70.3 Å². The molecular weight excluding hydrogens is 404 g/mol. The lowest BCUT2D eigenvalue weighted by atomic mass is 9.80. The highest BCUT2D eigenvalue weighted by molar-refractivity contribution is 5.75. The van der Waals surface area contributed by atoms with E-state index in [2.05, 4.69) is 31.8 Å². The summed E-state index contributed by atoms with van der Waals surface area (Å²) < 4.78 is 5.67. The van der Waals surface area contributed by atoms with Gasteiger partial charge in [0.2, 0.25) is 0 Å². The van der Waals surface area contributed by atoms with Crippen LogP contribution >= 0.6 is 0 Å². The Hall–Kier alpha value is -2.01. The quantitative estimate of drug-likeness (QED) is 0.164. The third kappa shape index (κ3) is 9.04. The molecule has 2 saturated carbocycles. The van der Waals surface area contributed by atoms with Crippen LogP contribution in [0.25, 0.3) is 0 Å². The first-order valence-corrected chi connectivity index (χ1v) is 13.7. The van der Waals surface area contributed by atoms with Crippen molar-refractivity contribution in [2.45, 2.75) is 104 Å². The van der Waals surface area contributed by atoms with Crippen LogP contribution in [0.3, 0.4) is 0 Å². The SMILES string of the molecule is CCCCC[C@H]1CC[C@H](C(=O)Oc2ccc(C#CC=C[C@H]3CC[C@H](CCC)CC3)cc2)CC1. The van der Waals surface area contributed by atoms with Crippen LogP contribution in [0.15, 0.2) is 36.4 Å². The van der Waals surface area contributed by atoms with Crippen molar-refractivity contribution in [2.75, 3.05) is 0 Å². The Kier molecular flexibility index (Phi) is 11.1. The Morgan fingerprint density at radius 3 is 2.21 bits per heavy atom. The van der Waals surface area contributed by atoms with Gasteiger partial charge in [0, 0.05) is 5.56 Å². The van der Waals surface area contributed by atoms with Crippen LogP contribution in [0.5, 0.6) is 5.75 Å². The van der Waals surface area contributed by atoms with Crippen molar-refractivity contribution in [3.63, 3.8) is 0 Å². The lowest BCUT2D eigenvalue weighted by Gasteiger charge is -2.27. The van der Waals surface area contributed by atoms with Gasteiger partial charge in [0.15, 0.2) is 0 Å². The van der Waals surface area contributed by atoms with Crippen molar-refractivity contribution >= 4 is 5.97 Å². The number of benzene rings is 1. The number of unbranched alkanes of at least 4 members (excludes halogenated alkanes) is 2. The Morgan fingerprint density at radius 2 is 1.55 bits per heavy atom. The Bertz CT molecular complexity index is 778. The number of carbonyl (C=O) groups excluding carboxylic acids is 1. The number of allylic oxidation sites excluding steroid dienone is 2. The van der Waals surface area contributed by atoms with E-state index in [0.717, 1.165) is 30.2 Å². The number of rotatable bonds is 9. The van der Waals surface area contributed by atoms with Gasteiger partial charge in [-0.05, 0) is 99.5 Å². The molecule has 2 fully saturated rings. The minimum Gasteiger partial charge on any atom is -0.426 e. The molecule has 0 saturated heterocycles. The molecule has 0 N–H and O–H groups in total. The first-order chi connectivity index (χ1) is 16.2. The van der Waals surface area contributed by atoms with Crippen LogP contribution in [0.2, 0.25) is 0 Å². The zero-order chi connectivity index (χ0) is 23.3. The van der Waals surface area contributed by atoms with Crippen molar-refractivity contribution < 1.29 is 9.53 Å². The molecular formula is C31H44O2. The largest absolute Gasteiger partial charge is 0.426 e. The second-order valence-corrected chi connectivity index (χ2v) is 10.4. The van der Waals surface area contributed by atoms with Gasteiger partial charge in [-0.25, -0.2) is 0 Å². The molecule has 1 aromatic carbocycles. The first-order valence-electron chi connectivity index (χ1n) is 13.7. The summed E-state index contributed by atoms with van der Waals surface area (Å²) in [5.41, 5.74) is 0.957. The predicted molar refractivity (Wildman–Crippen MR) is 138 cm³/mol. The van der Waals surface area contributed by atoms with Crippen LogP contribution < -0.4 is 4.74 Å². The van der Waals surface area contributed by atoms with Crippen molar-refractivity contribution in [1.82, 2.24) is 0 Å². The number of ether oxygens (including phenoxy) is 1. The van der Waals surface area contributed by atoms with Crippen molar-refractivity contribution in [3.05, 3.63) is 42.0 Å². The van der Waals surface area contributed by atoms with Gasteiger partial charge in [0.1, 0.15) is 5.75 Å². The summed E-state index contributed by atoms with van der Waals surface area (Å²) in [6, 6.07) is 7.64. The fraction of sp³-hybridized carbons (Fsp3) is 0.645. The van der Waals surface area contributed by atoms with Crippen molar-refractivity contribution in [3.8, 4) is 17.6 Å². The zero-order valence-electron chi connectivity index (χ0n) is 21.0. The van der Waals surface area contributed by atoms with Crippen LogP contribution in [0.4, 0.5) is 0 Å². The summed E-state index contributed by atoms with van der Waals surface area (Å²) in [5.74, 6) is 9.48. The summed E-state index contributed by atoms with van der Waals surface area (Å²) >= 11 is 0. The van der Waals surface area contributed by atoms with Gasteiger partial charge in [-0.2, -0.15) is 0 Å². The number of esters is 1.